The van der Waals surface area contributed by atoms with Crippen molar-refractivity contribution in [1.82, 2.24) is 0 Å². The minimum Gasteiger partial charge on any atom is -0.481 e. The fourth-order valence-electron chi connectivity index (χ4n) is 1.59. The van der Waals surface area contributed by atoms with Crippen LogP contribution in [0.15, 0.2) is 18.2 Å². The molecule has 0 aromatic heterocycles. The molecule has 0 bridgehead atoms. The van der Waals surface area contributed by atoms with E-state index in [1.807, 2.05) is 0 Å². The Bertz CT molecular complexity index is 679. The maximum atomic E-state index is 11.8. The summed E-state index contributed by atoms with van der Waals surface area (Å²) in [5.74, 6) is 3.13. The summed E-state index contributed by atoms with van der Waals surface area (Å²) in [4.78, 5) is 11.8. The van der Waals surface area contributed by atoms with Gasteiger partial charge in [0, 0.05) is 0 Å². The van der Waals surface area contributed by atoms with Crippen LogP contribution in [0.2, 0.25) is 19.6 Å². The molecular weight excluding hydrogens is 306 g/mol. The van der Waals surface area contributed by atoms with Crippen molar-refractivity contribution in [3.8, 4) is 23.3 Å². The average molecular weight is 329 g/mol. The molecule has 0 unspecified atom stereocenters. The number of benzene rings is 1. The maximum Gasteiger partial charge on any atom is 0.344 e. The van der Waals surface area contributed by atoms with Crippen LogP contribution in [0.3, 0.4) is 0 Å². The van der Waals surface area contributed by atoms with Crippen LogP contribution in [-0.4, -0.2) is 26.3 Å². The second-order valence-electron chi connectivity index (χ2n) is 7.20. The highest BCUT2D eigenvalue weighted by molar-refractivity contribution is 6.83. The Morgan fingerprint density at radius 1 is 1.26 bits per heavy atom. The number of nitriles is 1. The molecule has 0 amide bonds. The summed E-state index contributed by atoms with van der Waals surface area (Å²) in [6, 6.07) is 7.07. The van der Waals surface area contributed by atoms with Crippen molar-refractivity contribution >= 4 is 14.0 Å². The molecule has 1 aromatic rings. The summed E-state index contributed by atoms with van der Waals surface area (Å²) in [6.07, 6.45) is 0. The Balaban J connectivity index is 2.96. The minimum atomic E-state index is -1.56. The van der Waals surface area contributed by atoms with Gasteiger partial charge in [0.2, 0.25) is 0 Å². The molecule has 4 nitrogen and oxygen atoms in total. The van der Waals surface area contributed by atoms with Crippen molar-refractivity contribution < 1.29 is 14.3 Å². The molecule has 0 saturated heterocycles. The van der Waals surface area contributed by atoms with E-state index < -0.39 is 19.6 Å². The topological polar surface area (TPSA) is 59.3 Å². The molecule has 0 heterocycles. The molecule has 1 aromatic carbocycles. The van der Waals surface area contributed by atoms with Crippen LogP contribution in [0, 0.1) is 22.8 Å². The first-order valence-electron chi connectivity index (χ1n) is 7.42. The standard InChI is InChI=1S/C18H23NO3Si/c1-18(2,3)22-17(20)13-21-16-8-7-14(12-19)11-15(16)9-10-23(4,5)6/h7-8,11H,13H2,1-6H3. The van der Waals surface area contributed by atoms with Gasteiger partial charge in [0.25, 0.3) is 0 Å². The number of nitrogens with zero attached hydrogens (tertiary/aromatic N) is 1. The molecule has 0 saturated carbocycles. The molecule has 1 rings (SSSR count). The maximum absolute atomic E-state index is 11.8. The Morgan fingerprint density at radius 3 is 2.43 bits per heavy atom. The summed E-state index contributed by atoms with van der Waals surface area (Å²) >= 11 is 0. The van der Waals surface area contributed by atoms with E-state index in [4.69, 9.17) is 14.7 Å². The van der Waals surface area contributed by atoms with Gasteiger partial charge in [-0.05, 0) is 39.0 Å². The Kier molecular flexibility index (Phi) is 6.01. The molecule has 23 heavy (non-hydrogen) atoms. The van der Waals surface area contributed by atoms with E-state index in [9.17, 15) is 4.79 Å². The number of hydrogen-bond acceptors (Lipinski definition) is 4. The third kappa shape index (κ3) is 7.53. The summed E-state index contributed by atoms with van der Waals surface area (Å²) < 4.78 is 10.8. The van der Waals surface area contributed by atoms with E-state index in [-0.39, 0.29) is 6.61 Å². The van der Waals surface area contributed by atoms with Gasteiger partial charge in [0.05, 0.1) is 17.2 Å². The lowest BCUT2D eigenvalue weighted by molar-refractivity contribution is -0.157. The monoisotopic (exact) mass is 329 g/mol. The zero-order chi connectivity index (χ0) is 17.7. The lowest BCUT2D eigenvalue weighted by Gasteiger charge is -2.19. The molecule has 122 valence electrons. The normalized spacial score (nSPS) is 11.0. The van der Waals surface area contributed by atoms with Crippen LogP contribution in [0.25, 0.3) is 0 Å². The van der Waals surface area contributed by atoms with Crippen LogP contribution < -0.4 is 4.74 Å². The fraction of sp³-hybridized carbons (Fsp3) is 0.444. The highest BCUT2D eigenvalue weighted by Gasteiger charge is 2.17. The van der Waals surface area contributed by atoms with Gasteiger partial charge in [-0.2, -0.15) is 5.26 Å². The Labute approximate surface area is 139 Å². The van der Waals surface area contributed by atoms with Gasteiger partial charge in [-0.25, -0.2) is 4.79 Å². The molecule has 0 aliphatic rings. The molecule has 0 fully saturated rings. The second-order valence-corrected chi connectivity index (χ2v) is 11.9. The van der Waals surface area contributed by atoms with Crippen LogP contribution in [-0.2, 0) is 9.53 Å². The quantitative estimate of drug-likeness (QED) is 0.484. The largest absolute Gasteiger partial charge is 0.481 e. The lowest BCUT2D eigenvalue weighted by Crippen LogP contribution is -2.27. The zero-order valence-corrected chi connectivity index (χ0v) is 15.6. The van der Waals surface area contributed by atoms with Crippen LogP contribution >= 0.6 is 0 Å². The van der Waals surface area contributed by atoms with Gasteiger partial charge in [0.1, 0.15) is 19.4 Å². The molecule has 0 aliphatic heterocycles. The van der Waals surface area contributed by atoms with E-state index in [0.717, 1.165) is 0 Å². The van der Waals surface area contributed by atoms with Crippen molar-refractivity contribution in [3.05, 3.63) is 29.3 Å². The molecule has 0 spiro atoms. The number of rotatable bonds is 3. The van der Waals surface area contributed by atoms with Gasteiger partial charge >= 0.3 is 5.97 Å². The van der Waals surface area contributed by atoms with Gasteiger partial charge in [-0.1, -0.05) is 25.6 Å². The van der Waals surface area contributed by atoms with Gasteiger partial charge in [0.15, 0.2) is 6.61 Å². The molecular formula is C18H23NO3Si. The number of carbonyl (C=O) groups excluding carboxylic acids is 1. The van der Waals surface area contributed by atoms with E-state index in [1.165, 1.54) is 0 Å². The van der Waals surface area contributed by atoms with Crippen molar-refractivity contribution in [3.63, 3.8) is 0 Å². The van der Waals surface area contributed by atoms with Crippen molar-refractivity contribution in [2.45, 2.75) is 46.0 Å². The highest BCUT2D eigenvalue weighted by atomic mass is 28.3. The predicted octanol–water partition coefficient (Wildman–Crippen LogP) is 3.51. The van der Waals surface area contributed by atoms with E-state index in [2.05, 4.69) is 37.2 Å². The Hall–Kier alpha value is -2.24. The molecule has 5 heteroatoms. The second kappa shape index (κ2) is 7.35. The molecule has 0 atom stereocenters. The van der Waals surface area contributed by atoms with E-state index >= 15 is 0 Å². The van der Waals surface area contributed by atoms with Crippen molar-refractivity contribution in [1.29, 1.82) is 5.26 Å². The first-order valence-corrected chi connectivity index (χ1v) is 10.9. The average Bonchev–Trinajstić information content (AvgIpc) is 2.40. The predicted molar refractivity (Wildman–Crippen MR) is 92.7 cm³/mol. The number of hydrogen-bond donors (Lipinski definition) is 0. The SMILES string of the molecule is CC(C)(C)OC(=O)COc1ccc(C#N)cc1C#C[Si](C)(C)C. The molecule has 0 aliphatic carbocycles. The summed E-state index contributed by atoms with van der Waals surface area (Å²) in [5, 5.41) is 9.02. The third-order valence-corrected chi connectivity index (χ3v) is 3.32. The molecule has 0 radical (unpaired) electrons. The first-order chi connectivity index (χ1) is 10.5. The summed E-state index contributed by atoms with van der Waals surface area (Å²) in [7, 11) is -1.56. The van der Waals surface area contributed by atoms with Crippen LogP contribution in [0.5, 0.6) is 5.75 Å². The van der Waals surface area contributed by atoms with Crippen LogP contribution in [0.1, 0.15) is 31.9 Å². The van der Waals surface area contributed by atoms with Gasteiger partial charge in [-0.3, -0.25) is 0 Å². The lowest BCUT2D eigenvalue weighted by atomic mass is 10.1. The third-order valence-electron chi connectivity index (χ3n) is 2.45. The van der Waals surface area contributed by atoms with E-state index in [0.29, 0.717) is 16.9 Å². The highest BCUT2D eigenvalue weighted by Crippen LogP contribution is 2.20. The zero-order valence-electron chi connectivity index (χ0n) is 14.6. The summed E-state index contributed by atoms with van der Waals surface area (Å²) in [5.41, 5.74) is 3.82. The molecule has 0 N–H and O–H groups in total. The van der Waals surface area contributed by atoms with Crippen molar-refractivity contribution in [2.24, 2.45) is 0 Å². The number of ether oxygens (including phenoxy) is 2. The number of esters is 1. The van der Waals surface area contributed by atoms with Crippen molar-refractivity contribution in [2.75, 3.05) is 6.61 Å². The Morgan fingerprint density at radius 2 is 1.91 bits per heavy atom. The van der Waals surface area contributed by atoms with E-state index in [1.54, 1.807) is 39.0 Å². The fourth-order valence-corrected chi connectivity index (χ4v) is 2.10. The van der Waals surface area contributed by atoms with Crippen LogP contribution in [0.4, 0.5) is 0 Å². The number of carbonyl (C=O) groups is 1. The van der Waals surface area contributed by atoms with Gasteiger partial charge < -0.3 is 9.47 Å². The minimum absolute atomic E-state index is 0.190. The summed E-state index contributed by atoms with van der Waals surface area (Å²) in [6.45, 7) is 11.6. The first kappa shape index (κ1) is 18.8. The van der Waals surface area contributed by atoms with Gasteiger partial charge in [-0.15, -0.1) is 5.54 Å². The smallest absolute Gasteiger partial charge is 0.344 e.